The van der Waals surface area contributed by atoms with Gasteiger partial charge in [-0.1, -0.05) is 6.07 Å². The van der Waals surface area contributed by atoms with Crippen molar-refractivity contribution in [1.82, 2.24) is 4.98 Å². The third-order valence-corrected chi connectivity index (χ3v) is 2.73. The molecule has 1 aromatic carbocycles. The molecule has 0 aliphatic rings. The Morgan fingerprint density at radius 3 is 2.86 bits per heavy atom. The first-order chi connectivity index (χ1) is 6.70. The lowest BCUT2D eigenvalue weighted by Crippen LogP contribution is -2.29. The Morgan fingerprint density at radius 2 is 2.21 bits per heavy atom. The first-order valence-corrected chi connectivity index (χ1v) is 4.69. The number of benzene rings is 1. The minimum absolute atomic E-state index is 0.379. The van der Waals surface area contributed by atoms with Crippen LogP contribution in [0.5, 0.6) is 0 Å². The summed E-state index contributed by atoms with van der Waals surface area (Å²) in [5.41, 5.74) is 1.11. The first-order valence-electron chi connectivity index (χ1n) is 3.87. The monoisotopic (exact) mass is 204 g/mol. The van der Waals surface area contributed by atoms with Crippen LogP contribution in [0.3, 0.4) is 0 Å². The normalized spacial score (nSPS) is 10.1. The molecule has 0 aliphatic heterocycles. The van der Waals surface area contributed by atoms with Gasteiger partial charge in [0.2, 0.25) is 0 Å². The van der Waals surface area contributed by atoms with E-state index in [0.29, 0.717) is 16.0 Å². The highest BCUT2D eigenvalue weighted by atomic mass is 32.1. The van der Waals surface area contributed by atoms with E-state index in [0.717, 1.165) is 4.70 Å². The van der Waals surface area contributed by atoms with Gasteiger partial charge in [-0.15, -0.1) is 11.3 Å². The summed E-state index contributed by atoms with van der Waals surface area (Å²) in [5.74, 6) is 0. The Kier molecular flexibility index (Phi) is 2.21. The van der Waals surface area contributed by atoms with Crippen LogP contribution < -0.4 is 5.46 Å². The third-order valence-electron chi connectivity index (χ3n) is 1.81. The van der Waals surface area contributed by atoms with E-state index in [9.17, 15) is 0 Å². The zero-order valence-corrected chi connectivity index (χ0v) is 7.82. The fourth-order valence-electron chi connectivity index (χ4n) is 1.15. The molecule has 0 radical (unpaired) electrons. The van der Waals surface area contributed by atoms with Crippen LogP contribution in [0, 0.1) is 11.3 Å². The van der Waals surface area contributed by atoms with E-state index < -0.39 is 7.12 Å². The van der Waals surface area contributed by atoms with Gasteiger partial charge in [0, 0.05) is 0 Å². The summed E-state index contributed by atoms with van der Waals surface area (Å²) in [6.07, 6.45) is 0. The van der Waals surface area contributed by atoms with E-state index >= 15 is 0 Å². The van der Waals surface area contributed by atoms with Gasteiger partial charge in [-0.3, -0.25) is 0 Å². The first kappa shape index (κ1) is 9.15. The number of rotatable bonds is 1. The van der Waals surface area contributed by atoms with Crippen LogP contribution in [0.1, 0.15) is 5.01 Å². The Bertz CT molecular complexity index is 518. The second-order valence-electron chi connectivity index (χ2n) is 2.73. The molecule has 0 spiro atoms. The van der Waals surface area contributed by atoms with Crippen LogP contribution in [0.25, 0.3) is 10.2 Å². The van der Waals surface area contributed by atoms with Crippen LogP contribution in [-0.4, -0.2) is 22.2 Å². The lowest BCUT2D eigenvalue weighted by molar-refractivity contribution is 0.426. The van der Waals surface area contributed by atoms with Crippen molar-refractivity contribution in [3.8, 4) is 6.07 Å². The zero-order valence-electron chi connectivity index (χ0n) is 7.01. The Labute approximate surface area is 84.2 Å². The summed E-state index contributed by atoms with van der Waals surface area (Å²) in [6.45, 7) is 0. The van der Waals surface area contributed by atoms with Crippen LogP contribution in [0.15, 0.2) is 18.2 Å². The van der Waals surface area contributed by atoms with Gasteiger partial charge >= 0.3 is 7.12 Å². The molecule has 0 aliphatic carbocycles. The highest BCUT2D eigenvalue weighted by molar-refractivity contribution is 7.19. The average Bonchev–Trinajstić information content (AvgIpc) is 2.58. The number of hydrogen-bond donors (Lipinski definition) is 2. The Balaban J connectivity index is 2.61. The van der Waals surface area contributed by atoms with E-state index in [4.69, 9.17) is 15.3 Å². The summed E-state index contributed by atoms with van der Waals surface area (Å²) in [5, 5.41) is 26.8. The number of hydrogen-bond acceptors (Lipinski definition) is 5. The molecule has 0 amide bonds. The molecule has 1 aromatic heterocycles. The smallest absolute Gasteiger partial charge is 0.423 e. The van der Waals surface area contributed by atoms with Crippen LogP contribution in [0.2, 0.25) is 0 Å². The van der Waals surface area contributed by atoms with Gasteiger partial charge in [0.1, 0.15) is 6.07 Å². The molecular weight excluding hydrogens is 199 g/mol. The number of nitriles is 1. The van der Waals surface area contributed by atoms with Crippen LogP contribution in [0.4, 0.5) is 0 Å². The van der Waals surface area contributed by atoms with Crippen molar-refractivity contribution in [3.05, 3.63) is 23.2 Å². The molecule has 68 valence electrons. The van der Waals surface area contributed by atoms with Crippen molar-refractivity contribution >= 4 is 34.1 Å². The van der Waals surface area contributed by atoms with Crippen molar-refractivity contribution in [2.45, 2.75) is 0 Å². The van der Waals surface area contributed by atoms with Crippen LogP contribution >= 0.6 is 11.3 Å². The summed E-state index contributed by atoms with van der Waals surface area (Å²) < 4.78 is 0.784. The van der Waals surface area contributed by atoms with E-state index in [1.54, 1.807) is 18.2 Å². The minimum atomic E-state index is -1.48. The second-order valence-corrected chi connectivity index (χ2v) is 3.76. The lowest BCUT2D eigenvalue weighted by atomic mass is 9.80. The predicted molar refractivity (Wildman–Crippen MR) is 54.2 cm³/mol. The van der Waals surface area contributed by atoms with Crippen molar-refractivity contribution in [3.63, 3.8) is 0 Å². The predicted octanol–water partition coefficient (Wildman–Crippen LogP) is -0.152. The molecule has 2 rings (SSSR count). The lowest BCUT2D eigenvalue weighted by Gasteiger charge is -1.96. The maximum atomic E-state index is 8.92. The standard InChI is InChI=1S/C8H5BN2O2S/c10-4-8-11-6-2-1-5(9(12)13)3-7(6)14-8/h1-3,12-13H. The fraction of sp³-hybridized carbons (Fsp3) is 0. The molecule has 1 heterocycles. The molecule has 0 fully saturated rings. The van der Waals surface area contributed by atoms with Gasteiger partial charge in [-0.25, -0.2) is 4.98 Å². The quantitative estimate of drug-likeness (QED) is 0.633. The number of fused-ring (bicyclic) bond motifs is 1. The van der Waals surface area contributed by atoms with Gasteiger partial charge in [-0.05, 0) is 17.6 Å². The summed E-state index contributed by atoms with van der Waals surface area (Å²) >= 11 is 1.23. The molecular formula is C8H5BN2O2S. The van der Waals surface area contributed by atoms with Crippen molar-refractivity contribution in [2.75, 3.05) is 0 Å². The van der Waals surface area contributed by atoms with Gasteiger partial charge in [-0.2, -0.15) is 5.26 Å². The molecule has 14 heavy (non-hydrogen) atoms. The van der Waals surface area contributed by atoms with E-state index in [1.165, 1.54) is 11.3 Å². The van der Waals surface area contributed by atoms with Gasteiger partial charge < -0.3 is 10.0 Å². The zero-order chi connectivity index (χ0) is 10.1. The maximum absolute atomic E-state index is 8.92. The second kappa shape index (κ2) is 3.38. The molecule has 0 bridgehead atoms. The molecule has 0 atom stereocenters. The SMILES string of the molecule is N#Cc1nc2ccc(B(O)O)cc2s1. The molecule has 4 nitrogen and oxygen atoms in total. The van der Waals surface area contributed by atoms with E-state index in [2.05, 4.69) is 4.98 Å². The van der Waals surface area contributed by atoms with E-state index in [1.807, 2.05) is 6.07 Å². The largest absolute Gasteiger partial charge is 0.488 e. The summed E-state index contributed by atoms with van der Waals surface area (Å²) in [6, 6.07) is 6.82. The number of thiazole rings is 1. The molecule has 2 N–H and O–H groups in total. The molecule has 2 aromatic rings. The van der Waals surface area contributed by atoms with Crippen molar-refractivity contribution < 1.29 is 10.0 Å². The maximum Gasteiger partial charge on any atom is 0.488 e. The number of aromatic nitrogens is 1. The third kappa shape index (κ3) is 1.49. The van der Waals surface area contributed by atoms with Gasteiger partial charge in [0.05, 0.1) is 10.2 Å². The van der Waals surface area contributed by atoms with Crippen molar-refractivity contribution in [1.29, 1.82) is 5.26 Å². The Morgan fingerprint density at radius 1 is 1.43 bits per heavy atom. The average molecular weight is 204 g/mol. The van der Waals surface area contributed by atoms with E-state index in [-0.39, 0.29) is 0 Å². The Hall–Kier alpha value is -1.42. The van der Waals surface area contributed by atoms with Crippen molar-refractivity contribution in [2.24, 2.45) is 0 Å². The minimum Gasteiger partial charge on any atom is -0.423 e. The van der Waals surface area contributed by atoms with Crippen LogP contribution in [-0.2, 0) is 0 Å². The molecule has 0 saturated heterocycles. The number of nitrogens with zero attached hydrogens (tertiary/aromatic N) is 2. The topological polar surface area (TPSA) is 77.1 Å². The van der Waals surface area contributed by atoms with Gasteiger partial charge in [0.25, 0.3) is 0 Å². The summed E-state index contributed by atoms with van der Waals surface area (Å²) in [4.78, 5) is 4.03. The highest BCUT2D eigenvalue weighted by Gasteiger charge is 2.12. The molecule has 6 heteroatoms. The van der Waals surface area contributed by atoms with Gasteiger partial charge in [0.15, 0.2) is 5.01 Å². The molecule has 0 saturated carbocycles. The highest BCUT2D eigenvalue weighted by Crippen LogP contribution is 2.19. The fourth-order valence-corrected chi connectivity index (χ4v) is 1.96. The summed E-state index contributed by atoms with van der Waals surface area (Å²) in [7, 11) is -1.48. The molecule has 0 unspecified atom stereocenters.